The van der Waals surface area contributed by atoms with Gasteiger partial charge in [0.2, 0.25) is 5.91 Å². The topological polar surface area (TPSA) is 84.9 Å². The molecule has 0 bridgehead atoms. The van der Waals surface area contributed by atoms with Crippen molar-refractivity contribution in [3.05, 3.63) is 35.4 Å². The van der Waals surface area contributed by atoms with E-state index in [0.29, 0.717) is 25.3 Å². The van der Waals surface area contributed by atoms with Crippen molar-refractivity contribution < 1.29 is 24.2 Å². The Labute approximate surface area is 129 Å². The summed E-state index contributed by atoms with van der Waals surface area (Å²) in [6, 6.07) is 6.41. The minimum atomic E-state index is -0.990. The van der Waals surface area contributed by atoms with Crippen LogP contribution in [0.4, 0.5) is 0 Å². The standard InChI is InChI=1S/C16H21NO5/c18-15(10-12-3-1-4-13(9-12)16(19)20)17-6-2-7-22-14-5-8-21-11-14/h1,3-4,9,14H,2,5-8,10-11H2,(H,17,18)(H,19,20). The van der Waals surface area contributed by atoms with Crippen LogP contribution in [-0.4, -0.2) is 49.5 Å². The van der Waals surface area contributed by atoms with E-state index in [9.17, 15) is 9.59 Å². The first-order chi connectivity index (χ1) is 10.6. The van der Waals surface area contributed by atoms with Gasteiger partial charge in [0, 0.05) is 19.8 Å². The molecule has 1 aromatic carbocycles. The van der Waals surface area contributed by atoms with Crippen LogP contribution in [0.2, 0.25) is 0 Å². The summed E-state index contributed by atoms with van der Waals surface area (Å²) in [5.41, 5.74) is 0.884. The van der Waals surface area contributed by atoms with Crippen molar-refractivity contribution >= 4 is 11.9 Å². The number of carbonyl (C=O) groups is 2. The number of nitrogens with one attached hydrogen (secondary N) is 1. The molecule has 0 saturated carbocycles. The van der Waals surface area contributed by atoms with E-state index in [1.54, 1.807) is 12.1 Å². The summed E-state index contributed by atoms with van der Waals surface area (Å²) in [4.78, 5) is 22.7. The predicted molar refractivity (Wildman–Crippen MR) is 79.9 cm³/mol. The molecule has 22 heavy (non-hydrogen) atoms. The Bertz CT molecular complexity index is 511. The van der Waals surface area contributed by atoms with Crippen LogP contribution < -0.4 is 5.32 Å². The van der Waals surface area contributed by atoms with Crippen LogP contribution in [0, 0.1) is 0 Å². The number of carbonyl (C=O) groups excluding carboxylic acids is 1. The van der Waals surface area contributed by atoms with Crippen LogP contribution in [0.5, 0.6) is 0 Å². The number of aromatic carboxylic acids is 1. The molecule has 1 saturated heterocycles. The Balaban J connectivity index is 1.63. The molecule has 6 heteroatoms. The SMILES string of the molecule is O=C(Cc1cccc(C(=O)O)c1)NCCCOC1CCOC1. The van der Waals surface area contributed by atoms with Crippen molar-refractivity contribution in [2.24, 2.45) is 0 Å². The van der Waals surface area contributed by atoms with Crippen LogP contribution in [0.1, 0.15) is 28.8 Å². The van der Waals surface area contributed by atoms with E-state index < -0.39 is 5.97 Å². The first-order valence-electron chi connectivity index (χ1n) is 7.43. The van der Waals surface area contributed by atoms with E-state index in [1.807, 2.05) is 0 Å². The molecule has 0 aliphatic carbocycles. The van der Waals surface area contributed by atoms with Crippen LogP contribution in [0.25, 0.3) is 0 Å². The quantitative estimate of drug-likeness (QED) is 0.706. The molecule has 0 spiro atoms. The van der Waals surface area contributed by atoms with Gasteiger partial charge < -0.3 is 19.9 Å². The fourth-order valence-corrected chi connectivity index (χ4v) is 2.26. The van der Waals surface area contributed by atoms with E-state index >= 15 is 0 Å². The van der Waals surface area contributed by atoms with Crippen molar-refractivity contribution in [2.45, 2.75) is 25.4 Å². The minimum absolute atomic E-state index is 0.119. The average Bonchev–Trinajstić information content (AvgIpc) is 3.00. The van der Waals surface area contributed by atoms with E-state index in [2.05, 4.69) is 5.32 Å². The van der Waals surface area contributed by atoms with Crippen molar-refractivity contribution in [3.63, 3.8) is 0 Å². The summed E-state index contributed by atoms with van der Waals surface area (Å²) in [6.07, 6.45) is 2.05. The van der Waals surface area contributed by atoms with Gasteiger partial charge in [-0.1, -0.05) is 12.1 Å². The number of hydrogen-bond acceptors (Lipinski definition) is 4. The molecule has 120 valence electrons. The Morgan fingerprint density at radius 3 is 3.00 bits per heavy atom. The summed E-state index contributed by atoms with van der Waals surface area (Å²) in [5, 5.41) is 11.7. The number of carboxylic acids is 1. The van der Waals surface area contributed by atoms with Gasteiger partial charge in [-0.05, 0) is 30.5 Å². The van der Waals surface area contributed by atoms with Gasteiger partial charge in [-0.2, -0.15) is 0 Å². The maximum absolute atomic E-state index is 11.8. The molecule has 1 heterocycles. The second-order valence-electron chi connectivity index (χ2n) is 5.24. The van der Waals surface area contributed by atoms with E-state index in [-0.39, 0.29) is 24.0 Å². The van der Waals surface area contributed by atoms with Crippen LogP contribution in [0.15, 0.2) is 24.3 Å². The smallest absolute Gasteiger partial charge is 0.335 e. The molecule has 1 atom stereocenters. The highest BCUT2D eigenvalue weighted by Gasteiger charge is 2.15. The third-order valence-corrected chi connectivity index (χ3v) is 3.42. The number of hydrogen-bond donors (Lipinski definition) is 2. The second-order valence-corrected chi connectivity index (χ2v) is 5.24. The highest BCUT2D eigenvalue weighted by molar-refractivity contribution is 5.88. The first kappa shape index (κ1) is 16.5. The third-order valence-electron chi connectivity index (χ3n) is 3.42. The van der Waals surface area contributed by atoms with Crippen molar-refractivity contribution in [2.75, 3.05) is 26.4 Å². The predicted octanol–water partition coefficient (Wildman–Crippen LogP) is 1.24. The van der Waals surface area contributed by atoms with Gasteiger partial charge in [-0.3, -0.25) is 4.79 Å². The van der Waals surface area contributed by atoms with Crippen molar-refractivity contribution in [1.82, 2.24) is 5.32 Å². The van der Waals surface area contributed by atoms with Gasteiger partial charge in [0.15, 0.2) is 0 Å². The van der Waals surface area contributed by atoms with Gasteiger partial charge in [-0.25, -0.2) is 4.79 Å². The fourth-order valence-electron chi connectivity index (χ4n) is 2.26. The zero-order valence-electron chi connectivity index (χ0n) is 12.4. The first-order valence-corrected chi connectivity index (χ1v) is 7.43. The highest BCUT2D eigenvalue weighted by Crippen LogP contribution is 2.08. The molecule has 1 aliphatic rings. The number of amides is 1. The van der Waals surface area contributed by atoms with Crippen LogP contribution in [0.3, 0.4) is 0 Å². The van der Waals surface area contributed by atoms with Crippen LogP contribution >= 0.6 is 0 Å². The van der Waals surface area contributed by atoms with E-state index in [4.69, 9.17) is 14.6 Å². The molecule has 6 nitrogen and oxygen atoms in total. The number of carboxylic acid groups (broad SMARTS) is 1. The molecule has 2 N–H and O–H groups in total. The maximum atomic E-state index is 11.8. The van der Waals surface area contributed by atoms with Gasteiger partial charge in [0.25, 0.3) is 0 Å². The van der Waals surface area contributed by atoms with Crippen molar-refractivity contribution in [1.29, 1.82) is 0 Å². The summed E-state index contributed by atoms with van der Waals surface area (Å²) < 4.78 is 10.8. The van der Waals surface area contributed by atoms with Gasteiger partial charge in [0.05, 0.1) is 24.7 Å². The molecule has 1 aliphatic heterocycles. The summed E-state index contributed by atoms with van der Waals surface area (Å²) in [5.74, 6) is -1.11. The van der Waals surface area contributed by atoms with Gasteiger partial charge in [0.1, 0.15) is 0 Å². The average molecular weight is 307 g/mol. The molecule has 1 fully saturated rings. The Morgan fingerprint density at radius 1 is 1.41 bits per heavy atom. The van der Waals surface area contributed by atoms with Crippen LogP contribution in [-0.2, 0) is 20.7 Å². The van der Waals surface area contributed by atoms with Gasteiger partial charge in [-0.15, -0.1) is 0 Å². The summed E-state index contributed by atoms with van der Waals surface area (Å²) in [7, 11) is 0. The number of ether oxygens (including phenoxy) is 2. The minimum Gasteiger partial charge on any atom is -0.478 e. The summed E-state index contributed by atoms with van der Waals surface area (Å²) in [6.45, 7) is 2.57. The lowest BCUT2D eigenvalue weighted by Crippen LogP contribution is -2.27. The Hall–Kier alpha value is -1.92. The molecule has 2 rings (SSSR count). The monoisotopic (exact) mass is 307 g/mol. The Kier molecular flexibility index (Phi) is 6.36. The van der Waals surface area contributed by atoms with Crippen molar-refractivity contribution in [3.8, 4) is 0 Å². The molecular formula is C16H21NO5. The molecule has 1 aromatic rings. The maximum Gasteiger partial charge on any atom is 0.335 e. The Morgan fingerprint density at radius 2 is 2.27 bits per heavy atom. The number of benzene rings is 1. The van der Waals surface area contributed by atoms with E-state index in [1.165, 1.54) is 12.1 Å². The molecule has 1 unspecified atom stereocenters. The second kappa shape index (κ2) is 8.51. The molecule has 0 aromatic heterocycles. The number of rotatable bonds is 8. The fraction of sp³-hybridized carbons (Fsp3) is 0.500. The van der Waals surface area contributed by atoms with E-state index in [0.717, 1.165) is 19.4 Å². The molecular weight excluding hydrogens is 286 g/mol. The lowest BCUT2D eigenvalue weighted by molar-refractivity contribution is -0.120. The summed E-state index contributed by atoms with van der Waals surface area (Å²) >= 11 is 0. The zero-order chi connectivity index (χ0) is 15.8. The third kappa shape index (κ3) is 5.46. The highest BCUT2D eigenvalue weighted by atomic mass is 16.5. The van der Waals surface area contributed by atoms with Gasteiger partial charge >= 0.3 is 5.97 Å². The molecule has 0 radical (unpaired) electrons. The normalized spacial score (nSPS) is 17.4. The zero-order valence-corrected chi connectivity index (χ0v) is 12.4. The molecule has 1 amide bonds. The largest absolute Gasteiger partial charge is 0.478 e. The lowest BCUT2D eigenvalue weighted by atomic mass is 10.1. The lowest BCUT2D eigenvalue weighted by Gasteiger charge is -2.10.